The molecule has 0 N–H and O–H groups in total. The molecule has 702 valence electrons. The first-order chi connectivity index (χ1) is 53.9. The van der Waals surface area contributed by atoms with Crippen LogP contribution in [0.25, 0.3) is 0 Å². The molecular weight excluding hydrogens is 1450 g/mol. The van der Waals surface area contributed by atoms with Crippen molar-refractivity contribution < 1.29 is 95.3 Å². The van der Waals surface area contributed by atoms with E-state index in [1.807, 2.05) is 0 Å². The Morgan fingerprint density at radius 2 is 0.158 bits per heavy atom. The average molecular weight is 1660 g/mol. The van der Waals surface area contributed by atoms with E-state index in [-0.39, 0.29) is 59.7 Å². The molecule has 114 heavy (non-hydrogen) atoms. The number of rotatable bonds is 37. The highest BCUT2D eigenvalue weighted by Crippen LogP contribution is 2.00. The predicted molar refractivity (Wildman–Crippen MR) is 491 cm³/mol. The van der Waals surface area contributed by atoms with E-state index in [9.17, 15) is 47.9 Å². The van der Waals surface area contributed by atoms with Gasteiger partial charge in [0.15, 0.2) is 0 Å². The highest BCUT2D eigenvalue weighted by atomic mass is 16.6. The molecule has 0 aliphatic heterocycles. The fourth-order valence-electron chi connectivity index (χ4n) is 6.53. The van der Waals surface area contributed by atoms with Gasteiger partial charge < -0.3 is 47.4 Å². The van der Waals surface area contributed by atoms with Crippen LogP contribution in [0.3, 0.4) is 0 Å². The molecule has 0 spiro atoms. The molecule has 0 radical (unpaired) electrons. The van der Waals surface area contributed by atoms with Gasteiger partial charge in [-0.2, -0.15) is 0 Å². The van der Waals surface area contributed by atoms with E-state index < -0.39 is 0 Å². The van der Waals surface area contributed by atoms with Gasteiger partial charge in [-0.15, -0.1) is 0 Å². The fraction of sp³-hybridized carbons (Fsp3) is 0.894. The molecule has 0 saturated carbocycles. The molecular formula is C94H206O20. The molecule has 0 aromatic heterocycles. The van der Waals surface area contributed by atoms with Gasteiger partial charge in [-0.05, 0) is 69.2 Å². The Hall–Kier alpha value is -5.30. The molecule has 20 heteroatoms. The number of hydrogen-bond acceptors (Lipinski definition) is 20. The van der Waals surface area contributed by atoms with Crippen molar-refractivity contribution >= 4 is 59.7 Å². The van der Waals surface area contributed by atoms with Crippen LogP contribution in [0, 0.1) is 0 Å². The molecule has 0 aliphatic rings. The molecule has 0 fully saturated rings. The van der Waals surface area contributed by atoms with Gasteiger partial charge in [0.2, 0.25) is 0 Å². The second-order valence-corrected chi connectivity index (χ2v) is 24.6. The van der Waals surface area contributed by atoms with Crippen LogP contribution in [-0.2, 0) is 95.3 Å². The Kier molecular flexibility index (Phi) is 259. The molecule has 0 bridgehead atoms. The molecule has 0 heterocycles. The fourth-order valence-corrected chi connectivity index (χ4v) is 6.53. The summed E-state index contributed by atoms with van der Waals surface area (Å²) in [7, 11) is 0. The van der Waals surface area contributed by atoms with E-state index in [0.29, 0.717) is 66.1 Å². The van der Waals surface area contributed by atoms with Crippen molar-refractivity contribution in [3.05, 3.63) is 0 Å². The number of carbonyl (C=O) groups is 10. The van der Waals surface area contributed by atoms with Crippen LogP contribution in [0.2, 0.25) is 0 Å². The summed E-state index contributed by atoms with van der Waals surface area (Å²) in [5.74, 6) is -2.11. The third-order valence-electron chi connectivity index (χ3n) is 12.1. The SMILES string of the molecule is CCCCCC.CCCCCC.CCCCCC.CCCCCC.CCCCCC.CCCCCC.CCCCCC.CCCCCC.CCCCCC.CCOC(C)=O.CCOC(C)=O.CCOC(C)=O.CCOC(C)=O.CCOC(C)=O.CCOC(C)=O.CCOC(C)=O.CCOC(C)=O.CCOC(C)=O.CCOC(C)=O. The largest absolute Gasteiger partial charge is 0.466 e. The van der Waals surface area contributed by atoms with E-state index >= 15 is 0 Å². The van der Waals surface area contributed by atoms with Crippen LogP contribution in [-0.4, -0.2) is 126 Å². The molecule has 0 atom stereocenters. The lowest BCUT2D eigenvalue weighted by molar-refractivity contribution is -0.141. The maximum absolute atomic E-state index is 9.82. The zero-order valence-electron chi connectivity index (χ0n) is 83.7. The third kappa shape index (κ3) is 446. The van der Waals surface area contributed by atoms with E-state index in [1.165, 1.54) is 300 Å². The summed E-state index contributed by atoms with van der Waals surface area (Å²) in [6, 6.07) is 0. The molecule has 0 rings (SSSR count). The van der Waals surface area contributed by atoms with Gasteiger partial charge in [0.05, 0.1) is 66.1 Å². The highest BCUT2D eigenvalue weighted by Gasteiger charge is 1.89. The van der Waals surface area contributed by atoms with E-state index in [2.05, 4.69) is 172 Å². The van der Waals surface area contributed by atoms with Crippen molar-refractivity contribution in [3.8, 4) is 0 Å². The summed E-state index contributed by atoms with van der Waals surface area (Å²) >= 11 is 0. The number of unbranched alkanes of at least 4 members (excludes halogenated alkanes) is 27. The maximum atomic E-state index is 9.82. The van der Waals surface area contributed by atoms with Crippen molar-refractivity contribution in [1.82, 2.24) is 0 Å². The summed E-state index contributed by atoms with van der Waals surface area (Å²) in [6.07, 6.45) is 49.8. The van der Waals surface area contributed by atoms with Gasteiger partial charge in [-0.25, -0.2) is 0 Å². The zero-order chi connectivity index (χ0) is 93.4. The Morgan fingerprint density at radius 1 is 0.114 bits per heavy atom. The van der Waals surface area contributed by atoms with Gasteiger partial charge in [-0.3, -0.25) is 47.9 Å². The molecule has 0 amide bonds. The second kappa shape index (κ2) is 188. The van der Waals surface area contributed by atoms with Gasteiger partial charge in [0.25, 0.3) is 0 Å². The van der Waals surface area contributed by atoms with Crippen LogP contribution in [0.5, 0.6) is 0 Å². The monoisotopic (exact) mass is 1660 g/mol. The molecule has 20 nitrogen and oxygen atoms in total. The highest BCUT2D eigenvalue weighted by molar-refractivity contribution is 5.68. The lowest BCUT2D eigenvalue weighted by Crippen LogP contribution is -1.95. The normalized spacial score (nSPS) is 8.30. The summed E-state index contributed by atoms with van der Waals surface area (Å²) in [4.78, 5) is 98.2. The topological polar surface area (TPSA) is 263 Å². The lowest BCUT2D eigenvalue weighted by atomic mass is 10.2. The average Bonchev–Trinajstić information content (AvgIpc) is 2.73. The summed E-state index contributed by atoms with van der Waals surface area (Å²) in [5, 5.41) is 0. The predicted octanol–water partition coefficient (Wildman–Crippen LogP) is 29.0. The number of hydrogen-bond donors (Lipinski definition) is 0. The quantitative estimate of drug-likeness (QED) is 0.0318. The van der Waals surface area contributed by atoms with Crippen LogP contribution >= 0.6 is 0 Å². The van der Waals surface area contributed by atoms with E-state index in [1.54, 1.807) is 69.2 Å². The Balaban J connectivity index is -0.0000000492. The smallest absolute Gasteiger partial charge is 0.302 e. The zero-order valence-corrected chi connectivity index (χ0v) is 83.7. The minimum Gasteiger partial charge on any atom is -0.466 e. The Morgan fingerprint density at radius 3 is 0.167 bits per heavy atom. The summed E-state index contributed by atoms with van der Waals surface area (Å²) < 4.78 is 44.0. The van der Waals surface area contributed by atoms with Crippen molar-refractivity contribution in [2.24, 2.45) is 0 Å². The van der Waals surface area contributed by atoms with Gasteiger partial charge in [-0.1, -0.05) is 356 Å². The number of esters is 10. The molecule has 0 aromatic rings. The van der Waals surface area contributed by atoms with Crippen LogP contribution in [0.15, 0.2) is 0 Å². The molecule has 0 aliphatic carbocycles. The van der Waals surface area contributed by atoms with Crippen LogP contribution < -0.4 is 0 Å². The molecule has 0 saturated heterocycles. The van der Waals surface area contributed by atoms with E-state index in [4.69, 9.17) is 0 Å². The number of ether oxygens (including phenoxy) is 10. The minimum absolute atomic E-state index is 0.211. The first kappa shape index (κ1) is 157. The van der Waals surface area contributed by atoms with E-state index in [0.717, 1.165) is 0 Å². The first-order valence-corrected chi connectivity index (χ1v) is 45.3. The number of carbonyl (C=O) groups excluding carboxylic acids is 10. The van der Waals surface area contributed by atoms with Crippen molar-refractivity contribution in [1.29, 1.82) is 0 Å². The first-order valence-electron chi connectivity index (χ1n) is 45.3. The van der Waals surface area contributed by atoms with Gasteiger partial charge >= 0.3 is 59.7 Å². The van der Waals surface area contributed by atoms with Crippen LogP contribution in [0.4, 0.5) is 0 Å². The third-order valence-corrected chi connectivity index (χ3v) is 12.1. The summed E-state index contributed by atoms with van der Waals surface area (Å²) in [6.45, 7) is 76.7. The molecule has 0 aromatic carbocycles. The Labute approximate surface area is 712 Å². The summed E-state index contributed by atoms with van der Waals surface area (Å²) in [5.41, 5.74) is 0. The van der Waals surface area contributed by atoms with Crippen molar-refractivity contribution in [3.63, 3.8) is 0 Å². The van der Waals surface area contributed by atoms with Crippen molar-refractivity contribution in [2.75, 3.05) is 66.1 Å². The van der Waals surface area contributed by atoms with Crippen molar-refractivity contribution in [2.45, 2.75) is 494 Å². The second-order valence-electron chi connectivity index (χ2n) is 24.6. The molecule has 0 unspecified atom stereocenters. The standard InChI is InChI=1S/9C6H14.10C4H8O2/c9*1-3-5-6-4-2;10*1-3-6-4(2)5/h9*3-6H2,1-2H3;10*3H2,1-2H3. The maximum Gasteiger partial charge on any atom is 0.302 e. The lowest BCUT2D eigenvalue weighted by Gasteiger charge is -1.89. The minimum atomic E-state index is -0.211. The van der Waals surface area contributed by atoms with Gasteiger partial charge in [0.1, 0.15) is 0 Å². The Bertz CT molecular complexity index is 1210. The van der Waals surface area contributed by atoms with Gasteiger partial charge in [0, 0.05) is 69.2 Å². The van der Waals surface area contributed by atoms with Crippen LogP contribution in [0.1, 0.15) is 494 Å².